The van der Waals surface area contributed by atoms with E-state index in [-0.39, 0.29) is 11.9 Å². The summed E-state index contributed by atoms with van der Waals surface area (Å²) in [7, 11) is -3.42. The fourth-order valence-corrected chi connectivity index (χ4v) is 4.91. The van der Waals surface area contributed by atoms with Crippen molar-refractivity contribution in [1.82, 2.24) is 9.62 Å². The number of oxime groups is 1. The van der Waals surface area contributed by atoms with Crippen LogP contribution in [0.5, 0.6) is 0 Å². The van der Waals surface area contributed by atoms with Gasteiger partial charge in [-0.15, -0.1) is 11.3 Å². The van der Waals surface area contributed by atoms with Crippen molar-refractivity contribution < 1.29 is 13.6 Å². The molecule has 2 heterocycles. The summed E-state index contributed by atoms with van der Waals surface area (Å²) in [4.78, 5) is 3.01. The molecule has 1 aromatic heterocycles. The second-order valence-corrected chi connectivity index (χ2v) is 8.36. The van der Waals surface area contributed by atoms with Gasteiger partial charge in [-0.3, -0.25) is 4.90 Å². The molecule has 4 N–H and O–H groups in total. The predicted octanol–water partition coefficient (Wildman–Crippen LogP) is 0.546. The van der Waals surface area contributed by atoms with E-state index in [4.69, 9.17) is 10.9 Å². The molecule has 0 saturated carbocycles. The lowest BCUT2D eigenvalue weighted by atomic mass is 10.1. The molecule has 1 aliphatic rings. The quantitative estimate of drug-likeness (QED) is 0.316. The molecule has 21 heavy (non-hydrogen) atoms. The number of hydrogen-bond donors (Lipinski definition) is 3. The maximum absolute atomic E-state index is 12.2. The highest BCUT2D eigenvalue weighted by atomic mass is 32.2. The first-order chi connectivity index (χ1) is 9.90. The zero-order valence-electron chi connectivity index (χ0n) is 11.8. The maximum atomic E-state index is 12.2. The molecule has 0 spiro atoms. The molecular formula is C12H20N4O3S2. The highest BCUT2D eigenvalue weighted by Gasteiger charge is 2.25. The standard InChI is InChI=1S/C12H20N4O3S2/c1-9-2-3-12(20-9)21(18,19)15-10-4-6-16(7-5-10)8-11(13)14-17/h2-3,10,15,17H,4-8H2,1H3,(H2,13,14). The van der Waals surface area contributed by atoms with Crippen molar-refractivity contribution in [2.45, 2.75) is 30.0 Å². The number of amidine groups is 1. The number of piperidine rings is 1. The van der Waals surface area contributed by atoms with Crippen LogP contribution < -0.4 is 10.5 Å². The molecule has 0 aliphatic carbocycles. The van der Waals surface area contributed by atoms with Crippen LogP contribution in [-0.4, -0.2) is 50.0 Å². The summed E-state index contributed by atoms with van der Waals surface area (Å²) in [5.74, 6) is 0.170. The van der Waals surface area contributed by atoms with Crippen molar-refractivity contribution in [3.8, 4) is 0 Å². The maximum Gasteiger partial charge on any atom is 0.250 e. The van der Waals surface area contributed by atoms with Gasteiger partial charge in [-0.05, 0) is 31.9 Å². The summed E-state index contributed by atoms with van der Waals surface area (Å²) in [5.41, 5.74) is 5.47. The van der Waals surface area contributed by atoms with Crippen LogP contribution in [-0.2, 0) is 10.0 Å². The van der Waals surface area contributed by atoms with E-state index in [1.807, 2.05) is 11.8 Å². The highest BCUT2D eigenvalue weighted by molar-refractivity contribution is 7.91. The van der Waals surface area contributed by atoms with Gasteiger partial charge in [0.25, 0.3) is 0 Å². The zero-order valence-corrected chi connectivity index (χ0v) is 13.5. The van der Waals surface area contributed by atoms with Gasteiger partial charge in [0, 0.05) is 24.0 Å². The van der Waals surface area contributed by atoms with Crippen molar-refractivity contribution in [2.75, 3.05) is 19.6 Å². The molecule has 1 saturated heterocycles. The molecule has 7 nitrogen and oxygen atoms in total. The fourth-order valence-electron chi connectivity index (χ4n) is 2.30. The van der Waals surface area contributed by atoms with Crippen molar-refractivity contribution in [3.05, 3.63) is 17.0 Å². The van der Waals surface area contributed by atoms with Crippen LogP contribution in [0.25, 0.3) is 0 Å². The van der Waals surface area contributed by atoms with E-state index in [0.717, 1.165) is 4.88 Å². The summed E-state index contributed by atoms with van der Waals surface area (Å²) >= 11 is 1.27. The third kappa shape index (κ3) is 4.40. The first kappa shape index (κ1) is 16.2. The Balaban J connectivity index is 1.89. The van der Waals surface area contributed by atoms with Gasteiger partial charge in [-0.25, -0.2) is 13.1 Å². The van der Waals surface area contributed by atoms with E-state index in [0.29, 0.717) is 36.7 Å². The number of sulfonamides is 1. The van der Waals surface area contributed by atoms with Gasteiger partial charge in [0.1, 0.15) is 4.21 Å². The van der Waals surface area contributed by atoms with E-state index in [9.17, 15) is 8.42 Å². The summed E-state index contributed by atoms with van der Waals surface area (Å²) in [6, 6.07) is 3.37. The van der Waals surface area contributed by atoms with Gasteiger partial charge >= 0.3 is 0 Å². The Kier molecular flexibility index (Phi) is 5.20. The number of thiophene rings is 1. The Morgan fingerprint density at radius 3 is 2.71 bits per heavy atom. The number of nitrogens with one attached hydrogen (secondary N) is 1. The van der Waals surface area contributed by atoms with Crippen LogP contribution in [0.3, 0.4) is 0 Å². The van der Waals surface area contributed by atoms with E-state index in [1.54, 1.807) is 12.1 Å². The number of nitrogens with two attached hydrogens (primary N) is 1. The summed E-state index contributed by atoms with van der Waals surface area (Å²) in [6.45, 7) is 3.72. The largest absolute Gasteiger partial charge is 0.409 e. The Morgan fingerprint density at radius 2 is 2.19 bits per heavy atom. The minimum atomic E-state index is -3.42. The van der Waals surface area contributed by atoms with Gasteiger partial charge in [0.05, 0.1) is 6.54 Å². The molecule has 0 amide bonds. The van der Waals surface area contributed by atoms with Crippen LogP contribution in [0.4, 0.5) is 0 Å². The van der Waals surface area contributed by atoms with Crippen molar-refractivity contribution >= 4 is 27.2 Å². The second kappa shape index (κ2) is 6.73. The van der Waals surface area contributed by atoms with Gasteiger partial charge in [-0.2, -0.15) is 0 Å². The Morgan fingerprint density at radius 1 is 1.52 bits per heavy atom. The SMILES string of the molecule is Cc1ccc(S(=O)(=O)NC2CCN(CC(N)=NO)CC2)s1. The number of hydrogen-bond acceptors (Lipinski definition) is 6. The number of nitrogens with zero attached hydrogens (tertiary/aromatic N) is 2. The Bertz CT molecular complexity index is 604. The monoisotopic (exact) mass is 332 g/mol. The third-order valence-corrected chi connectivity index (χ3v) is 6.42. The van der Waals surface area contributed by atoms with Crippen LogP contribution >= 0.6 is 11.3 Å². The Labute approximate surface area is 128 Å². The lowest BCUT2D eigenvalue weighted by Crippen LogP contribution is -2.46. The molecule has 0 unspecified atom stereocenters. The van der Waals surface area contributed by atoms with Gasteiger partial charge in [0.15, 0.2) is 5.84 Å². The minimum Gasteiger partial charge on any atom is -0.409 e. The van der Waals surface area contributed by atoms with Gasteiger partial charge < -0.3 is 10.9 Å². The molecule has 0 atom stereocenters. The van der Waals surface area contributed by atoms with Crippen LogP contribution in [0.2, 0.25) is 0 Å². The van der Waals surface area contributed by atoms with Gasteiger partial charge in [0.2, 0.25) is 10.0 Å². The summed E-state index contributed by atoms with van der Waals surface area (Å²) in [5, 5.41) is 11.5. The summed E-state index contributed by atoms with van der Waals surface area (Å²) < 4.78 is 27.6. The van der Waals surface area contributed by atoms with Crippen molar-refractivity contribution in [1.29, 1.82) is 0 Å². The van der Waals surface area contributed by atoms with Crippen LogP contribution in [0.15, 0.2) is 21.5 Å². The fraction of sp³-hybridized carbons (Fsp3) is 0.583. The molecule has 1 aliphatic heterocycles. The van der Waals surface area contributed by atoms with E-state index < -0.39 is 10.0 Å². The number of aryl methyl sites for hydroxylation is 1. The zero-order chi connectivity index (χ0) is 15.5. The van der Waals surface area contributed by atoms with Gasteiger partial charge in [-0.1, -0.05) is 5.16 Å². The Hall–Kier alpha value is -1.16. The molecule has 0 bridgehead atoms. The van der Waals surface area contributed by atoms with Crippen LogP contribution in [0, 0.1) is 6.92 Å². The lowest BCUT2D eigenvalue weighted by Gasteiger charge is -2.31. The topological polar surface area (TPSA) is 108 Å². The van der Waals surface area contributed by atoms with Crippen LogP contribution in [0.1, 0.15) is 17.7 Å². The third-order valence-electron chi connectivity index (χ3n) is 3.40. The van der Waals surface area contributed by atoms with E-state index in [2.05, 4.69) is 9.88 Å². The predicted molar refractivity (Wildman–Crippen MR) is 82.2 cm³/mol. The highest BCUT2D eigenvalue weighted by Crippen LogP contribution is 2.22. The molecule has 2 rings (SSSR count). The first-order valence-corrected chi connectivity index (χ1v) is 8.98. The molecule has 0 aromatic carbocycles. The average Bonchev–Trinajstić information content (AvgIpc) is 2.88. The normalized spacial score (nSPS) is 19.0. The molecular weight excluding hydrogens is 312 g/mol. The molecule has 1 aromatic rings. The smallest absolute Gasteiger partial charge is 0.250 e. The molecule has 9 heteroatoms. The van der Waals surface area contributed by atoms with Crippen molar-refractivity contribution in [3.63, 3.8) is 0 Å². The lowest BCUT2D eigenvalue weighted by molar-refractivity contribution is 0.228. The van der Waals surface area contributed by atoms with E-state index >= 15 is 0 Å². The molecule has 118 valence electrons. The van der Waals surface area contributed by atoms with E-state index in [1.165, 1.54) is 11.3 Å². The minimum absolute atomic E-state index is 0.0686. The molecule has 0 radical (unpaired) electrons. The number of rotatable bonds is 5. The number of likely N-dealkylation sites (tertiary alicyclic amines) is 1. The second-order valence-electron chi connectivity index (χ2n) is 5.13. The average molecular weight is 332 g/mol. The summed E-state index contributed by atoms with van der Waals surface area (Å²) in [6.07, 6.45) is 1.42. The first-order valence-electron chi connectivity index (χ1n) is 6.68. The van der Waals surface area contributed by atoms with Crippen molar-refractivity contribution in [2.24, 2.45) is 10.9 Å². The molecule has 1 fully saturated rings.